The third kappa shape index (κ3) is 3.80. The molecule has 0 unspecified atom stereocenters. The van der Waals surface area contributed by atoms with Gasteiger partial charge in [0.2, 0.25) is 0 Å². The van der Waals surface area contributed by atoms with E-state index in [-0.39, 0.29) is 11.4 Å². The zero-order valence-electron chi connectivity index (χ0n) is 11.4. The van der Waals surface area contributed by atoms with Gasteiger partial charge in [0.05, 0.1) is 11.1 Å². The number of benzene rings is 1. The molecule has 1 aliphatic carbocycles. The summed E-state index contributed by atoms with van der Waals surface area (Å²) in [6.45, 7) is 2.25. The van der Waals surface area contributed by atoms with Crippen LogP contribution in [0.1, 0.15) is 43.0 Å². The minimum Gasteiger partial charge on any atom is -0.345 e. The lowest BCUT2D eigenvalue weighted by Gasteiger charge is -2.38. The Kier molecular flexibility index (Phi) is 5.60. The summed E-state index contributed by atoms with van der Waals surface area (Å²) in [6, 6.07) is 5.36. The molecule has 1 aliphatic rings. The largest absolute Gasteiger partial charge is 0.345 e. The van der Waals surface area contributed by atoms with Gasteiger partial charge in [0.15, 0.2) is 0 Å². The SMILES string of the molecule is CC1CCC(CCl)(NC(=O)c2cc(Cl)ccc2I)CC1. The van der Waals surface area contributed by atoms with Crippen LogP contribution >= 0.6 is 45.8 Å². The van der Waals surface area contributed by atoms with E-state index in [0.717, 1.165) is 35.2 Å². The number of amides is 1. The molecule has 2 rings (SSSR count). The van der Waals surface area contributed by atoms with Crippen LogP contribution in [0.2, 0.25) is 5.02 Å². The first-order chi connectivity index (χ1) is 9.46. The van der Waals surface area contributed by atoms with Crippen molar-refractivity contribution >= 4 is 51.7 Å². The summed E-state index contributed by atoms with van der Waals surface area (Å²) in [6.07, 6.45) is 4.11. The second-order valence-electron chi connectivity index (χ2n) is 5.67. The summed E-state index contributed by atoms with van der Waals surface area (Å²) in [4.78, 5) is 12.5. The van der Waals surface area contributed by atoms with E-state index in [9.17, 15) is 4.79 Å². The van der Waals surface area contributed by atoms with Crippen LogP contribution in [0.25, 0.3) is 0 Å². The van der Waals surface area contributed by atoms with Gasteiger partial charge >= 0.3 is 0 Å². The Morgan fingerprint density at radius 1 is 1.45 bits per heavy atom. The van der Waals surface area contributed by atoms with Gasteiger partial charge in [-0.15, -0.1) is 11.6 Å². The fraction of sp³-hybridized carbons (Fsp3) is 0.533. The molecule has 1 saturated carbocycles. The van der Waals surface area contributed by atoms with E-state index in [1.54, 1.807) is 12.1 Å². The van der Waals surface area contributed by atoms with Gasteiger partial charge in [-0.3, -0.25) is 4.79 Å². The number of nitrogens with one attached hydrogen (secondary N) is 1. The molecule has 0 saturated heterocycles. The molecule has 0 spiro atoms. The standard InChI is InChI=1S/C15H18Cl2INO/c1-10-4-6-15(9-16,7-5-10)19-14(20)12-8-11(17)2-3-13(12)18/h2-3,8,10H,4-7,9H2,1H3,(H,19,20). The summed E-state index contributed by atoms with van der Waals surface area (Å²) in [5.41, 5.74) is 0.359. The number of carbonyl (C=O) groups excluding carboxylic acids is 1. The minimum atomic E-state index is -0.267. The summed E-state index contributed by atoms with van der Waals surface area (Å²) < 4.78 is 0.901. The van der Waals surface area contributed by atoms with Gasteiger partial charge in [0.1, 0.15) is 0 Å². The van der Waals surface area contributed by atoms with Crippen molar-refractivity contribution in [3.05, 3.63) is 32.4 Å². The molecule has 5 heteroatoms. The van der Waals surface area contributed by atoms with Crippen molar-refractivity contribution in [3.63, 3.8) is 0 Å². The monoisotopic (exact) mass is 425 g/mol. The van der Waals surface area contributed by atoms with Gasteiger partial charge < -0.3 is 5.32 Å². The van der Waals surface area contributed by atoms with Crippen molar-refractivity contribution in [3.8, 4) is 0 Å². The van der Waals surface area contributed by atoms with Crippen LogP contribution in [0, 0.1) is 9.49 Å². The fourth-order valence-corrected chi connectivity index (χ4v) is 3.67. The van der Waals surface area contributed by atoms with E-state index >= 15 is 0 Å². The molecule has 1 amide bonds. The minimum absolute atomic E-state index is 0.0768. The molecule has 0 bridgehead atoms. The highest BCUT2D eigenvalue weighted by atomic mass is 127. The zero-order chi connectivity index (χ0) is 14.8. The molecule has 1 N–H and O–H groups in total. The normalized spacial score (nSPS) is 26.3. The first-order valence-electron chi connectivity index (χ1n) is 6.79. The van der Waals surface area contributed by atoms with Crippen LogP contribution in [0.5, 0.6) is 0 Å². The van der Waals surface area contributed by atoms with Crippen LogP contribution in [0.3, 0.4) is 0 Å². The van der Waals surface area contributed by atoms with Crippen molar-refractivity contribution in [2.75, 3.05) is 5.88 Å². The summed E-state index contributed by atoms with van der Waals surface area (Å²) in [5.74, 6) is 1.10. The summed E-state index contributed by atoms with van der Waals surface area (Å²) in [7, 11) is 0. The molecular formula is C15H18Cl2INO. The number of carbonyl (C=O) groups is 1. The highest BCUT2D eigenvalue weighted by Gasteiger charge is 2.35. The van der Waals surface area contributed by atoms with E-state index in [0.29, 0.717) is 16.5 Å². The maximum atomic E-state index is 12.5. The zero-order valence-corrected chi connectivity index (χ0v) is 15.1. The van der Waals surface area contributed by atoms with E-state index in [4.69, 9.17) is 23.2 Å². The molecule has 20 heavy (non-hydrogen) atoms. The predicted molar refractivity (Wildman–Crippen MR) is 92.7 cm³/mol. The van der Waals surface area contributed by atoms with E-state index in [1.807, 2.05) is 6.07 Å². The molecule has 1 fully saturated rings. The summed E-state index contributed by atoms with van der Waals surface area (Å²) >= 11 is 14.3. The predicted octanol–water partition coefficient (Wildman–Crippen LogP) is 4.86. The topological polar surface area (TPSA) is 29.1 Å². The maximum Gasteiger partial charge on any atom is 0.252 e. The van der Waals surface area contributed by atoms with Crippen LogP contribution in [0.15, 0.2) is 18.2 Å². The van der Waals surface area contributed by atoms with Crippen molar-refractivity contribution < 1.29 is 4.79 Å². The van der Waals surface area contributed by atoms with Gasteiger partial charge in [-0.1, -0.05) is 18.5 Å². The molecule has 110 valence electrons. The molecular weight excluding hydrogens is 408 g/mol. The van der Waals surface area contributed by atoms with Crippen molar-refractivity contribution in [2.24, 2.45) is 5.92 Å². The van der Waals surface area contributed by atoms with Crippen LogP contribution < -0.4 is 5.32 Å². The first kappa shape index (κ1) is 16.4. The van der Waals surface area contributed by atoms with E-state index in [1.165, 1.54) is 0 Å². The third-order valence-electron chi connectivity index (χ3n) is 4.04. The molecule has 1 aromatic rings. The van der Waals surface area contributed by atoms with E-state index < -0.39 is 0 Å². The van der Waals surface area contributed by atoms with E-state index in [2.05, 4.69) is 34.8 Å². The molecule has 2 nitrogen and oxygen atoms in total. The molecule has 0 aliphatic heterocycles. The highest BCUT2D eigenvalue weighted by molar-refractivity contribution is 14.1. The lowest BCUT2D eigenvalue weighted by atomic mass is 9.78. The van der Waals surface area contributed by atoms with Crippen LogP contribution in [-0.2, 0) is 0 Å². The second kappa shape index (κ2) is 6.84. The van der Waals surface area contributed by atoms with Gasteiger partial charge in [-0.2, -0.15) is 0 Å². The average Bonchev–Trinajstić information content (AvgIpc) is 2.44. The first-order valence-corrected chi connectivity index (χ1v) is 8.78. The second-order valence-corrected chi connectivity index (χ2v) is 7.54. The van der Waals surface area contributed by atoms with Crippen molar-refractivity contribution in [1.29, 1.82) is 0 Å². The van der Waals surface area contributed by atoms with Gasteiger partial charge in [0, 0.05) is 14.5 Å². The quantitative estimate of drug-likeness (QED) is 0.543. The molecule has 0 radical (unpaired) electrons. The van der Waals surface area contributed by atoms with Gasteiger partial charge in [0.25, 0.3) is 5.91 Å². The Hall–Kier alpha value is -0.000000000000000111. The van der Waals surface area contributed by atoms with Crippen LogP contribution in [-0.4, -0.2) is 17.3 Å². The highest BCUT2D eigenvalue weighted by Crippen LogP contribution is 2.33. The molecule has 0 aromatic heterocycles. The Bertz CT molecular complexity index is 499. The third-order valence-corrected chi connectivity index (χ3v) is 5.73. The maximum absolute atomic E-state index is 12.5. The number of hydrogen-bond acceptors (Lipinski definition) is 1. The number of alkyl halides is 1. The van der Waals surface area contributed by atoms with Gasteiger partial charge in [-0.25, -0.2) is 0 Å². The smallest absolute Gasteiger partial charge is 0.252 e. The average molecular weight is 426 g/mol. The van der Waals surface area contributed by atoms with Crippen LogP contribution in [0.4, 0.5) is 0 Å². The lowest BCUT2D eigenvalue weighted by molar-refractivity contribution is 0.0871. The Morgan fingerprint density at radius 3 is 2.70 bits per heavy atom. The summed E-state index contributed by atoms with van der Waals surface area (Å²) in [5, 5.41) is 3.73. The number of halogens is 3. The molecule has 0 heterocycles. The Labute approximate surface area is 143 Å². The Morgan fingerprint density at radius 2 is 2.10 bits per heavy atom. The fourth-order valence-electron chi connectivity index (χ4n) is 2.59. The number of hydrogen-bond donors (Lipinski definition) is 1. The van der Waals surface area contributed by atoms with Crippen molar-refractivity contribution in [2.45, 2.75) is 38.1 Å². The van der Waals surface area contributed by atoms with Gasteiger partial charge in [-0.05, 0) is 72.4 Å². The van der Waals surface area contributed by atoms with Crippen molar-refractivity contribution in [1.82, 2.24) is 5.32 Å². The molecule has 0 atom stereocenters. The Balaban J connectivity index is 2.15. The molecule has 1 aromatic carbocycles. The lowest BCUT2D eigenvalue weighted by Crippen LogP contribution is -2.52. The number of rotatable bonds is 3.